The Morgan fingerprint density at radius 2 is 2.26 bits per heavy atom. The van der Waals surface area contributed by atoms with Crippen LogP contribution in [-0.2, 0) is 0 Å². The Morgan fingerprint density at radius 3 is 2.79 bits per heavy atom. The highest BCUT2D eigenvalue weighted by Crippen LogP contribution is 2.22. The highest BCUT2D eigenvalue weighted by atomic mass is 16.6. The van der Waals surface area contributed by atoms with Gasteiger partial charge in [0.05, 0.1) is 11.5 Å². The molecular formula is C13H16N2O4. The number of amides is 1. The van der Waals surface area contributed by atoms with Gasteiger partial charge in [0.2, 0.25) is 0 Å². The van der Waals surface area contributed by atoms with Crippen molar-refractivity contribution in [2.45, 2.75) is 6.92 Å². The van der Waals surface area contributed by atoms with Crippen LogP contribution in [0.5, 0.6) is 0 Å². The Labute approximate surface area is 111 Å². The molecule has 0 heterocycles. The molecule has 0 radical (unpaired) electrons. The molecule has 0 aliphatic rings. The van der Waals surface area contributed by atoms with Crippen molar-refractivity contribution in [3.8, 4) is 0 Å². The van der Waals surface area contributed by atoms with Crippen LogP contribution < -0.4 is 0 Å². The van der Waals surface area contributed by atoms with E-state index in [2.05, 4.69) is 6.58 Å². The van der Waals surface area contributed by atoms with Crippen molar-refractivity contribution < 1.29 is 14.8 Å². The fraction of sp³-hybridized carbons (Fsp3) is 0.308. The molecule has 0 aromatic heterocycles. The molecule has 0 bridgehead atoms. The molecule has 19 heavy (non-hydrogen) atoms. The number of carbonyl (C=O) groups excluding carboxylic acids is 1. The average Bonchev–Trinajstić information content (AvgIpc) is 2.37. The molecule has 0 saturated carbocycles. The van der Waals surface area contributed by atoms with Gasteiger partial charge in [0.25, 0.3) is 11.6 Å². The Hall–Kier alpha value is -2.21. The van der Waals surface area contributed by atoms with Crippen LogP contribution in [0.25, 0.3) is 0 Å². The molecule has 1 N–H and O–H groups in total. The van der Waals surface area contributed by atoms with Crippen LogP contribution in [0.2, 0.25) is 0 Å². The normalized spacial score (nSPS) is 10.0. The molecule has 0 aliphatic heterocycles. The Balaban J connectivity index is 3.14. The summed E-state index contributed by atoms with van der Waals surface area (Å²) in [7, 11) is 0. The van der Waals surface area contributed by atoms with Crippen LogP contribution in [0.4, 0.5) is 5.69 Å². The van der Waals surface area contributed by atoms with Gasteiger partial charge in [-0.25, -0.2) is 0 Å². The molecule has 1 rings (SSSR count). The number of aliphatic hydroxyl groups excluding tert-OH is 1. The van der Waals surface area contributed by atoms with Crippen LogP contribution in [0.1, 0.15) is 15.9 Å². The lowest BCUT2D eigenvalue weighted by atomic mass is 10.1. The topological polar surface area (TPSA) is 83.7 Å². The van der Waals surface area contributed by atoms with E-state index in [0.29, 0.717) is 5.56 Å². The summed E-state index contributed by atoms with van der Waals surface area (Å²) in [5, 5.41) is 19.8. The summed E-state index contributed by atoms with van der Waals surface area (Å²) >= 11 is 0. The number of hydrogen-bond donors (Lipinski definition) is 1. The zero-order valence-corrected chi connectivity index (χ0v) is 10.7. The van der Waals surface area contributed by atoms with E-state index in [1.165, 1.54) is 30.0 Å². The van der Waals surface area contributed by atoms with Crippen molar-refractivity contribution in [3.63, 3.8) is 0 Å². The summed E-state index contributed by atoms with van der Waals surface area (Å²) < 4.78 is 0. The van der Waals surface area contributed by atoms with Crippen molar-refractivity contribution in [2.24, 2.45) is 0 Å². The maximum Gasteiger partial charge on any atom is 0.273 e. The smallest absolute Gasteiger partial charge is 0.273 e. The number of nitro benzene ring substituents is 1. The molecule has 1 aromatic rings. The van der Waals surface area contributed by atoms with Gasteiger partial charge >= 0.3 is 0 Å². The molecule has 0 spiro atoms. The van der Waals surface area contributed by atoms with Crippen LogP contribution in [0.15, 0.2) is 30.9 Å². The van der Waals surface area contributed by atoms with Gasteiger partial charge in [0, 0.05) is 30.3 Å². The fourth-order valence-electron chi connectivity index (χ4n) is 1.78. The Bertz CT molecular complexity index is 499. The Morgan fingerprint density at radius 1 is 1.58 bits per heavy atom. The van der Waals surface area contributed by atoms with E-state index in [4.69, 9.17) is 5.11 Å². The first-order valence-electron chi connectivity index (χ1n) is 5.78. The first kappa shape index (κ1) is 14.8. The second-order valence-corrected chi connectivity index (χ2v) is 3.97. The fourth-order valence-corrected chi connectivity index (χ4v) is 1.78. The molecular weight excluding hydrogens is 248 g/mol. The van der Waals surface area contributed by atoms with Crippen LogP contribution in [0, 0.1) is 17.0 Å². The standard InChI is InChI=1S/C13H16N2O4/c1-3-7-14(8-9-16)13(17)11-5-4-6-12(10(11)2)15(18)19/h3-6,16H,1,7-9H2,2H3. The summed E-state index contributed by atoms with van der Waals surface area (Å²) in [5.41, 5.74) is 0.502. The lowest BCUT2D eigenvalue weighted by molar-refractivity contribution is -0.385. The van der Waals surface area contributed by atoms with E-state index in [1.54, 1.807) is 6.08 Å². The third-order valence-corrected chi connectivity index (χ3v) is 2.74. The molecule has 0 saturated heterocycles. The monoisotopic (exact) mass is 264 g/mol. The quantitative estimate of drug-likeness (QED) is 0.479. The molecule has 102 valence electrons. The summed E-state index contributed by atoms with van der Waals surface area (Å²) in [4.78, 5) is 24.0. The maximum absolute atomic E-state index is 12.3. The summed E-state index contributed by atoms with van der Waals surface area (Å²) in [6, 6.07) is 4.37. The van der Waals surface area contributed by atoms with Crippen molar-refractivity contribution >= 4 is 11.6 Å². The first-order valence-corrected chi connectivity index (χ1v) is 5.78. The van der Waals surface area contributed by atoms with E-state index in [-0.39, 0.29) is 36.9 Å². The van der Waals surface area contributed by atoms with E-state index < -0.39 is 4.92 Å². The third kappa shape index (κ3) is 3.38. The lowest BCUT2D eigenvalue weighted by Gasteiger charge is -2.20. The minimum absolute atomic E-state index is 0.0894. The molecule has 0 atom stereocenters. The predicted molar refractivity (Wildman–Crippen MR) is 71.0 cm³/mol. The SMILES string of the molecule is C=CCN(CCO)C(=O)c1cccc([N+](=O)[O-])c1C. The minimum atomic E-state index is -0.518. The molecule has 0 unspecified atom stereocenters. The molecule has 6 nitrogen and oxygen atoms in total. The van der Waals surface area contributed by atoms with Crippen LogP contribution >= 0.6 is 0 Å². The van der Waals surface area contributed by atoms with Gasteiger partial charge < -0.3 is 10.0 Å². The predicted octanol–water partition coefficient (Wildman–Crippen LogP) is 1.52. The van der Waals surface area contributed by atoms with Crippen molar-refractivity contribution in [3.05, 3.63) is 52.1 Å². The van der Waals surface area contributed by atoms with Gasteiger partial charge in [-0.05, 0) is 13.0 Å². The summed E-state index contributed by atoms with van der Waals surface area (Å²) in [6.45, 7) is 5.35. The summed E-state index contributed by atoms with van der Waals surface area (Å²) in [5.74, 6) is -0.352. The maximum atomic E-state index is 12.3. The second kappa shape index (κ2) is 6.65. The van der Waals surface area contributed by atoms with Gasteiger partial charge in [0.1, 0.15) is 0 Å². The van der Waals surface area contributed by atoms with Crippen LogP contribution in [0.3, 0.4) is 0 Å². The molecule has 6 heteroatoms. The number of aliphatic hydroxyl groups is 1. The lowest BCUT2D eigenvalue weighted by Crippen LogP contribution is -2.34. The highest BCUT2D eigenvalue weighted by Gasteiger charge is 2.21. The molecule has 1 amide bonds. The largest absolute Gasteiger partial charge is 0.395 e. The van der Waals surface area contributed by atoms with E-state index >= 15 is 0 Å². The van der Waals surface area contributed by atoms with Crippen molar-refractivity contribution in [1.82, 2.24) is 4.90 Å². The number of nitro groups is 1. The van der Waals surface area contributed by atoms with Gasteiger partial charge in [-0.1, -0.05) is 12.1 Å². The summed E-state index contributed by atoms with van der Waals surface area (Å²) in [6.07, 6.45) is 1.54. The number of rotatable bonds is 6. The number of benzene rings is 1. The zero-order valence-electron chi connectivity index (χ0n) is 10.7. The van der Waals surface area contributed by atoms with Gasteiger partial charge in [0.15, 0.2) is 0 Å². The van der Waals surface area contributed by atoms with Gasteiger partial charge in [-0.2, -0.15) is 0 Å². The average molecular weight is 264 g/mol. The highest BCUT2D eigenvalue weighted by molar-refractivity contribution is 5.96. The van der Waals surface area contributed by atoms with E-state index in [1.807, 2.05) is 0 Å². The molecule has 0 aliphatic carbocycles. The van der Waals surface area contributed by atoms with Gasteiger partial charge in [-0.3, -0.25) is 14.9 Å². The third-order valence-electron chi connectivity index (χ3n) is 2.74. The first-order chi connectivity index (χ1) is 9.02. The Kier molecular flexibility index (Phi) is 5.20. The molecule has 0 fully saturated rings. The second-order valence-electron chi connectivity index (χ2n) is 3.97. The molecule has 1 aromatic carbocycles. The number of hydrogen-bond acceptors (Lipinski definition) is 4. The van der Waals surface area contributed by atoms with E-state index in [0.717, 1.165) is 0 Å². The zero-order chi connectivity index (χ0) is 14.4. The minimum Gasteiger partial charge on any atom is -0.395 e. The van der Waals surface area contributed by atoms with Crippen LogP contribution in [-0.4, -0.2) is 40.5 Å². The van der Waals surface area contributed by atoms with Crippen molar-refractivity contribution in [1.29, 1.82) is 0 Å². The number of carbonyl (C=O) groups is 1. The number of nitrogens with zero attached hydrogens (tertiary/aromatic N) is 2. The van der Waals surface area contributed by atoms with E-state index in [9.17, 15) is 14.9 Å². The van der Waals surface area contributed by atoms with Gasteiger partial charge in [-0.15, -0.1) is 6.58 Å². The van der Waals surface area contributed by atoms with Crippen molar-refractivity contribution in [2.75, 3.05) is 19.7 Å².